The highest BCUT2D eigenvalue weighted by molar-refractivity contribution is 7.22. The molecule has 21 heavy (non-hydrogen) atoms. The summed E-state index contributed by atoms with van der Waals surface area (Å²) in [4.78, 5) is 6.55. The van der Waals surface area contributed by atoms with E-state index >= 15 is 0 Å². The fraction of sp³-hybridized carbons (Fsp3) is 0.188. The minimum absolute atomic E-state index is 0.622. The fourth-order valence-electron chi connectivity index (χ4n) is 2.35. The van der Waals surface area contributed by atoms with Crippen molar-refractivity contribution in [3.8, 4) is 0 Å². The van der Waals surface area contributed by atoms with Crippen LogP contribution in [-0.4, -0.2) is 16.9 Å². The first-order valence-corrected chi connectivity index (χ1v) is 7.87. The number of hydrogen-bond acceptors (Lipinski definition) is 4. The molecule has 108 valence electrons. The molecule has 0 atom stereocenters. The third-order valence-electron chi connectivity index (χ3n) is 3.29. The van der Waals surface area contributed by atoms with E-state index in [-0.39, 0.29) is 0 Å². The molecule has 0 amide bonds. The van der Waals surface area contributed by atoms with Crippen LogP contribution in [0.15, 0.2) is 42.5 Å². The van der Waals surface area contributed by atoms with Crippen molar-refractivity contribution in [1.82, 2.24) is 9.88 Å². The number of thiazole rings is 1. The predicted molar refractivity (Wildman–Crippen MR) is 90.7 cm³/mol. The molecular formula is C16H16ClN3S. The SMILES string of the molecule is CN(Cc1ccc(Cl)cc1)Cc1ccc2nc(N)sc2c1. The van der Waals surface area contributed by atoms with Crippen LogP contribution in [0, 0.1) is 0 Å². The molecule has 0 radical (unpaired) electrons. The Bertz CT molecular complexity index is 752. The lowest BCUT2D eigenvalue weighted by Gasteiger charge is -2.17. The van der Waals surface area contributed by atoms with Crippen LogP contribution in [0.1, 0.15) is 11.1 Å². The molecule has 1 aromatic heterocycles. The fourth-order valence-corrected chi connectivity index (χ4v) is 3.28. The van der Waals surface area contributed by atoms with Gasteiger partial charge in [0.2, 0.25) is 0 Å². The molecule has 0 bridgehead atoms. The first kappa shape index (κ1) is 14.3. The Morgan fingerprint density at radius 3 is 2.52 bits per heavy atom. The number of aromatic nitrogens is 1. The molecule has 0 saturated heterocycles. The predicted octanol–water partition coefficient (Wildman–Crippen LogP) is 4.16. The minimum Gasteiger partial charge on any atom is -0.375 e. The first-order valence-electron chi connectivity index (χ1n) is 6.68. The van der Waals surface area contributed by atoms with Crippen LogP contribution in [-0.2, 0) is 13.1 Å². The van der Waals surface area contributed by atoms with Crippen LogP contribution in [0.2, 0.25) is 5.02 Å². The van der Waals surface area contributed by atoms with Gasteiger partial charge in [0.15, 0.2) is 5.13 Å². The summed E-state index contributed by atoms with van der Waals surface area (Å²) in [7, 11) is 2.11. The molecule has 2 N–H and O–H groups in total. The van der Waals surface area contributed by atoms with Gasteiger partial charge in [0.25, 0.3) is 0 Å². The first-order chi connectivity index (χ1) is 10.1. The second-order valence-electron chi connectivity index (χ2n) is 5.15. The summed E-state index contributed by atoms with van der Waals surface area (Å²) in [6.07, 6.45) is 0. The van der Waals surface area contributed by atoms with Gasteiger partial charge in [-0.25, -0.2) is 4.98 Å². The van der Waals surface area contributed by atoms with Crippen molar-refractivity contribution < 1.29 is 0 Å². The quantitative estimate of drug-likeness (QED) is 0.785. The van der Waals surface area contributed by atoms with Gasteiger partial charge in [-0.1, -0.05) is 41.1 Å². The maximum atomic E-state index is 5.91. The summed E-state index contributed by atoms with van der Waals surface area (Å²) in [5.74, 6) is 0. The molecule has 0 aliphatic heterocycles. The van der Waals surface area contributed by atoms with Crippen LogP contribution in [0.3, 0.4) is 0 Å². The Morgan fingerprint density at radius 1 is 1.10 bits per heavy atom. The highest BCUT2D eigenvalue weighted by Crippen LogP contribution is 2.25. The third kappa shape index (κ3) is 3.53. The van der Waals surface area contributed by atoms with Crippen molar-refractivity contribution in [1.29, 1.82) is 0 Å². The van der Waals surface area contributed by atoms with Crippen molar-refractivity contribution in [2.45, 2.75) is 13.1 Å². The van der Waals surface area contributed by atoms with Gasteiger partial charge in [-0.05, 0) is 42.4 Å². The zero-order valence-corrected chi connectivity index (χ0v) is 13.3. The van der Waals surface area contributed by atoms with E-state index in [1.807, 2.05) is 18.2 Å². The summed E-state index contributed by atoms with van der Waals surface area (Å²) >= 11 is 7.44. The third-order valence-corrected chi connectivity index (χ3v) is 4.39. The van der Waals surface area contributed by atoms with E-state index in [2.05, 4.69) is 41.2 Å². The van der Waals surface area contributed by atoms with E-state index in [9.17, 15) is 0 Å². The van der Waals surface area contributed by atoms with Gasteiger partial charge in [0.05, 0.1) is 10.2 Å². The van der Waals surface area contributed by atoms with Crippen molar-refractivity contribution in [2.24, 2.45) is 0 Å². The van der Waals surface area contributed by atoms with E-state index in [0.29, 0.717) is 5.13 Å². The number of hydrogen-bond donors (Lipinski definition) is 1. The summed E-state index contributed by atoms with van der Waals surface area (Å²) < 4.78 is 1.14. The van der Waals surface area contributed by atoms with Gasteiger partial charge in [0.1, 0.15) is 0 Å². The summed E-state index contributed by atoms with van der Waals surface area (Å²) in [6, 6.07) is 14.3. The highest BCUT2D eigenvalue weighted by atomic mass is 35.5. The standard InChI is InChI=1S/C16H16ClN3S/c1-20(9-11-2-5-13(17)6-3-11)10-12-4-7-14-15(8-12)21-16(18)19-14/h2-8H,9-10H2,1H3,(H2,18,19). The lowest BCUT2D eigenvalue weighted by molar-refractivity contribution is 0.319. The molecule has 3 aromatic rings. The Kier molecular flexibility index (Phi) is 4.10. The molecule has 0 fully saturated rings. The van der Waals surface area contributed by atoms with Crippen molar-refractivity contribution >= 4 is 38.3 Å². The second kappa shape index (κ2) is 6.02. The molecule has 0 saturated carbocycles. The van der Waals surface area contributed by atoms with Gasteiger partial charge in [-0.15, -0.1) is 0 Å². The number of nitrogen functional groups attached to an aromatic ring is 1. The van der Waals surface area contributed by atoms with Crippen molar-refractivity contribution in [3.05, 3.63) is 58.6 Å². The number of nitrogens with two attached hydrogens (primary N) is 1. The number of anilines is 1. The zero-order chi connectivity index (χ0) is 14.8. The molecular weight excluding hydrogens is 302 g/mol. The van der Waals surface area contributed by atoms with E-state index < -0.39 is 0 Å². The summed E-state index contributed by atoms with van der Waals surface area (Å²) in [5, 5.41) is 1.39. The smallest absolute Gasteiger partial charge is 0.181 e. The highest BCUT2D eigenvalue weighted by Gasteiger charge is 2.05. The Labute approximate surface area is 133 Å². The summed E-state index contributed by atoms with van der Waals surface area (Å²) in [5.41, 5.74) is 9.24. The van der Waals surface area contributed by atoms with Crippen LogP contribution >= 0.6 is 22.9 Å². The van der Waals surface area contributed by atoms with Gasteiger partial charge < -0.3 is 5.73 Å². The average molecular weight is 318 g/mol. The molecule has 0 aliphatic rings. The number of rotatable bonds is 4. The molecule has 0 spiro atoms. The average Bonchev–Trinajstić information content (AvgIpc) is 2.80. The summed E-state index contributed by atoms with van der Waals surface area (Å²) in [6.45, 7) is 1.77. The Morgan fingerprint density at radius 2 is 1.76 bits per heavy atom. The maximum Gasteiger partial charge on any atom is 0.181 e. The minimum atomic E-state index is 0.622. The lowest BCUT2D eigenvalue weighted by Crippen LogP contribution is -2.17. The molecule has 1 heterocycles. The van der Waals surface area contributed by atoms with Crippen LogP contribution in [0.5, 0.6) is 0 Å². The Balaban J connectivity index is 1.70. The van der Waals surface area contributed by atoms with Gasteiger partial charge in [0, 0.05) is 18.1 Å². The van der Waals surface area contributed by atoms with Crippen molar-refractivity contribution in [2.75, 3.05) is 12.8 Å². The van der Waals surface area contributed by atoms with Crippen LogP contribution < -0.4 is 5.73 Å². The molecule has 3 nitrogen and oxygen atoms in total. The van der Waals surface area contributed by atoms with Crippen molar-refractivity contribution in [3.63, 3.8) is 0 Å². The van der Waals surface area contributed by atoms with E-state index in [4.69, 9.17) is 17.3 Å². The lowest BCUT2D eigenvalue weighted by atomic mass is 10.2. The van der Waals surface area contributed by atoms with Crippen LogP contribution in [0.4, 0.5) is 5.13 Å². The molecule has 3 rings (SSSR count). The van der Waals surface area contributed by atoms with E-state index in [1.165, 1.54) is 22.5 Å². The van der Waals surface area contributed by atoms with Gasteiger partial charge in [-0.2, -0.15) is 0 Å². The normalized spacial score (nSPS) is 11.4. The van der Waals surface area contributed by atoms with Gasteiger partial charge in [-0.3, -0.25) is 4.90 Å². The number of nitrogens with zero attached hydrogens (tertiary/aromatic N) is 2. The number of fused-ring (bicyclic) bond motifs is 1. The largest absolute Gasteiger partial charge is 0.375 e. The van der Waals surface area contributed by atoms with Crippen LogP contribution in [0.25, 0.3) is 10.2 Å². The zero-order valence-electron chi connectivity index (χ0n) is 11.7. The molecule has 2 aromatic carbocycles. The Hall–Kier alpha value is -1.62. The molecule has 0 aliphatic carbocycles. The molecule has 5 heteroatoms. The number of benzene rings is 2. The monoisotopic (exact) mass is 317 g/mol. The maximum absolute atomic E-state index is 5.91. The van der Waals surface area contributed by atoms with E-state index in [1.54, 1.807) is 0 Å². The molecule has 0 unspecified atom stereocenters. The topological polar surface area (TPSA) is 42.2 Å². The second-order valence-corrected chi connectivity index (χ2v) is 6.65. The van der Waals surface area contributed by atoms with Gasteiger partial charge >= 0.3 is 0 Å². The van der Waals surface area contributed by atoms with E-state index in [0.717, 1.165) is 28.3 Å². The number of halogens is 1.